The lowest BCUT2D eigenvalue weighted by atomic mass is 9.95. The number of carbonyl (C=O) groups is 1. The number of amides is 1. The fraction of sp³-hybridized carbons (Fsp3) is 0.346. The van der Waals surface area contributed by atoms with Crippen LogP contribution in [0, 0.1) is 13.8 Å². The molecule has 0 aliphatic carbocycles. The Balaban J connectivity index is 1.39. The van der Waals surface area contributed by atoms with Gasteiger partial charge < -0.3 is 9.80 Å². The second-order valence-corrected chi connectivity index (χ2v) is 12.1. The number of nitrogens with zero attached hydrogens (tertiary/aromatic N) is 3. The number of thiophene rings is 1. The maximum Gasteiger partial charge on any atom is 0.253 e. The summed E-state index contributed by atoms with van der Waals surface area (Å²) < 4.78 is 28.7. The predicted octanol–water partition coefficient (Wildman–Crippen LogP) is 3.83. The first-order chi connectivity index (χ1) is 16.4. The zero-order chi connectivity index (χ0) is 23.9. The third-order valence-electron chi connectivity index (χ3n) is 7.06. The highest BCUT2D eigenvalue weighted by atomic mass is 32.2. The Morgan fingerprint density at radius 3 is 2.35 bits per heavy atom. The lowest BCUT2D eigenvalue weighted by molar-refractivity contribution is -0.136. The Morgan fingerprint density at radius 1 is 0.912 bits per heavy atom. The molecule has 1 saturated heterocycles. The van der Waals surface area contributed by atoms with Crippen molar-refractivity contribution < 1.29 is 13.2 Å². The van der Waals surface area contributed by atoms with Gasteiger partial charge in [-0.05, 0) is 60.0 Å². The molecular weight excluding hydrogens is 466 g/mol. The van der Waals surface area contributed by atoms with Crippen molar-refractivity contribution in [3.05, 3.63) is 82.2 Å². The molecule has 1 amide bonds. The summed E-state index contributed by atoms with van der Waals surface area (Å²) in [6, 6.07) is 16.8. The number of rotatable bonds is 4. The Hall–Kier alpha value is -2.68. The maximum atomic E-state index is 13.8. The average molecular weight is 496 g/mol. The lowest BCUT2D eigenvalue weighted by Crippen LogP contribution is -2.57. The third kappa shape index (κ3) is 4.15. The predicted molar refractivity (Wildman–Crippen MR) is 136 cm³/mol. The molecule has 0 saturated carbocycles. The van der Waals surface area contributed by atoms with E-state index in [1.807, 2.05) is 29.2 Å². The van der Waals surface area contributed by atoms with Gasteiger partial charge in [0, 0.05) is 38.4 Å². The minimum atomic E-state index is -3.76. The van der Waals surface area contributed by atoms with Crippen LogP contribution < -0.4 is 4.90 Å². The minimum absolute atomic E-state index is 0.102. The summed E-state index contributed by atoms with van der Waals surface area (Å²) in [6.07, 6.45) is 0.400. The molecular formula is C26H29N3O3S2. The lowest BCUT2D eigenvalue weighted by Gasteiger charge is -2.41. The van der Waals surface area contributed by atoms with Gasteiger partial charge in [0.05, 0.1) is 0 Å². The molecule has 5 rings (SSSR count). The Morgan fingerprint density at radius 2 is 1.65 bits per heavy atom. The molecule has 1 aromatic heterocycles. The van der Waals surface area contributed by atoms with Crippen molar-refractivity contribution in [2.24, 2.45) is 0 Å². The van der Waals surface area contributed by atoms with Gasteiger partial charge in [-0.15, -0.1) is 11.3 Å². The van der Waals surface area contributed by atoms with Crippen LogP contribution in [0.1, 0.15) is 22.3 Å². The molecule has 1 fully saturated rings. The summed E-state index contributed by atoms with van der Waals surface area (Å²) in [6.45, 7) is 7.09. The quantitative estimate of drug-likeness (QED) is 0.552. The second-order valence-electron chi connectivity index (χ2n) is 9.00. The molecule has 0 radical (unpaired) electrons. The van der Waals surface area contributed by atoms with Gasteiger partial charge in [-0.3, -0.25) is 4.79 Å². The topological polar surface area (TPSA) is 60.9 Å². The fourth-order valence-electron chi connectivity index (χ4n) is 4.94. The highest BCUT2D eigenvalue weighted by Gasteiger charge is 2.42. The van der Waals surface area contributed by atoms with Gasteiger partial charge in [0.25, 0.3) is 10.0 Å². The van der Waals surface area contributed by atoms with E-state index in [1.165, 1.54) is 32.5 Å². The van der Waals surface area contributed by atoms with Crippen LogP contribution in [-0.4, -0.2) is 55.8 Å². The first-order valence-corrected chi connectivity index (χ1v) is 13.9. The van der Waals surface area contributed by atoms with Gasteiger partial charge in [0.2, 0.25) is 5.91 Å². The minimum Gasteiger partial charge on any atom is -0.368 e. The number of hydrogen-bond donors (Lipinski definition) is 0. The number of aryl methyl sites for hydroxylation is 1. The molecule has 2 aliphatic heterocycles. The molecule has 0 unspecified atom stereocenters. The van der Waals surface area contributed by atoms with Crippen molar-refractivity contribution in [2.45, 2.75) is 37.1 Å². The summed E-state index contributed by atoms with van der Waals surface area (Å²) in [7, 11) is -3.76. The molecule has 1 atom stereocenters. The standard InChI is InChI=1S/C26H29N3O3S2/c1-19-7-5-10-23(20(19)2)27-12-14-28(15-13-27)26(30)24-17-21-8-3-4-9-22(21)18-29(24)34(31,32)25-11-6-16-33-25/h3-11,16,24H,12-15,17-18H2,1-2H3/t24-/m0/s1. The molecule has 0 N–H and O–H groups in total. The summed E-state index contributed by atoms with van der Waals surface area (Å²) >= 11 is 1.19. The van der Waals surface area contributed by atoms with Crippen molar-refractivity contribution in [2.75, 3.05) is 31.1 Å². The number of carbonyl (C=O) groups excluding carboxylic acids is 1. The molecule has 34 heavy (non-hydrogen) atoms. The van der Waals surface area contributed by atoms with Crippen LogP contribution in [-0.2, 0) is 27.8 Å². The normalized spacial score (nSPS) is 19.2. The number of piperazine rings is 1. The molecule has 8 heteroatoms. The zero-order valence-electron chi connectivity index (χ0n) is 19.5. The average Bonchev–Trinajstić information content (AvgIpc) is 3.41. The smallest absolute Gasteiger partial charge is 0.253 e. The monoisotopic (exact) mass is 495 g/mol. The van der Waals surface area contributed by atoms with Crippen molar-refractivity contribution in [3.8, 4) is 0 Å². The van der Waals surface area contributed by atoms with Crippen LogP contribution in [0.4, 0.5) is 5.69 Å². The van der Waals surface area contributed by atoms with E-state index in [4.69, 9.17) is 0 Å². The maximum absolute atomic E-state index is 13.8. The number of anilines is 1. The number of fused-ring (bicyclic) bond motifs is 1. The number of hydrogen-bond acceptors (Lipinski definition) is 5. The first-order valence-electron chi connectivity index (χ1n) is 11.6. The van der Waals surface area contributed by atoms with Crippen LogP contribution in [0.15, 0.2) is 64.2 Å². The highest BCUT2D eigenvalue weighted by molar-refractivity contribution is 7.91. The summed E-state index contributed by atoms with van der Waals surface area (Å²) in [5.74, 6) is -0.102. The van der Waals surface area contributed by atoms with E-state index in [-0.39, 0.29) is 16.7 Å². The van der Waals surface area contributed by atoms with Crippen molar-refractivity contribution in [1.29, 1.82) is 0 Å². The molecule has 0 spiro atoms. The van der Waals surface area contributed by atoms with E-state index in [1.54, 1.807) is 17.5 Å². The van der Waals surface area contributed by atoms with Crippen LogP contribution in [0.25, 0.3) is 0 Å². The van der Waals surface area contributed by atoms with Gasteiger partial charge in [0.1, 0.15) is 10.3 Å². The van der Waals surface area contributed by atoms with E-state index in [0.717, 1.165) is 24.2 Å². The molecule has 2 aliphatic rings. The third-order valence-corrected chi connectivity index (χ3v) is 10.3. The molecule has 6 nitrogen and oxygen atoms in total. The molecule has 3 heterocycles. The highest BCUT2D eigenvalue weighted by Crippen LogP contribution is 2.32. The first kappa shape index (κ1) is 23.1. The van der Waals surface area contributed by atoms with Crippen LogP contribution in [0.3, 0.4) is 0 Å². The van der Waals surface area contributed by atoms with Gasteiger partial charge in [-0.2, -0.15) is 4.31 Å². The van der Waals surface area contributed by atoms with E-state index in [9.17, 15) is 13.2 Å². The molecule has 3 aromatic rings. The number of sulfonamides is 1. The van der Waals surface area contributed by atoms with E-state index in [0.29, 0.717) is 19.5 Å². The van der Waals surface area contributed by atoms with Crippen molar-refractivity contribution in [3.63, 3.8) is 0 Å². The zero-order valence-corrected chi connectivity index (χ0v) is 21.1. The molecule has 2 aromatic carbocycles. The largest absolute Gasteiger partial charge is 0.368 e. The molecule has 0 bridgehead atoms. The second kappa shape index (κ2) is 9.17. The summed E-state index contributed by atoms with van der Waals surface area (Å²) in [5, 5.41) is 1.76. The van der Waals surface area contributed by atoms with Crippen molar-refractivity contribution in [1.82, 2.24) is 9.21 Å². The Kier molecular flexibility index (Phi) is 6.22. The van der Waals surface area contributed by atoms with Gasteiger partial charge in [0.15, 0.2) is 0 Å². The van der Waals surface area contributed by atoms with Crippen LogP contribution in [0.5, 0.6) is 0 Å². The molecule has 178 valence electrons. The van der Waals surface area contributed by atoms with Gasteiger partial charge >= 0.3 is 0 Å². The SMILES string of the molecule is Cc1cccc(N2CCN(C(=O)[C@@H]3Cc4ccccc4CN3S(=O)(=O)c3cccs3)CC2)c1C. The van der Waals surface area contributed by atoms with Crippen LogP contribution >= 0.6 is 11.3 Å². The van der Waals surface area contributed by atoms with E-state index in [2.05, 4.69) is 36.9 Å². The van der Waals surface area contributed by atoms with E-state index < -0.39 is 16.1 Å². The number of benzene rings is 2. The van der Waals surface area contributed by atoms with Gasteiger partial charge in [-0.25, -0.2) is 8.42 Å². The van der Waals surface area contributed by atoms with Crippen molar-refractivity contribution >= 4 is 33.0 Å². The fourth-order valence-corrected chi connectivity index (χ4v) is 7.62. The summed E-state index contributed by atoms with van der Waals surface area (Å²) in [4.78, 5) is 17.9. The Bertz CT molecular complexity index is 1300. The van der Waals surface area contributed by atoms with Gasteiger partial charge in [-0.1, -0.05) is 42.5 Å². The van der Waals surface area contributed by atoms with E-state index >= 15 is 0 Å². The Labute approximate surface area is 205 Å². The summed E-state index contributed by atoms with van der Waals surface area (Å²) in [5.41, 5.74) is 5.74. The van der Waals surface area contributed by atoms with Crippen LogP contribution in [0.2, 0.25) is 0 Å².